The Morgan fingerprint density at radius 2 is 1.79 bits per heavy atom. The van der Waals surface area contributed by atoms with Crippen molar-refractivity contribution >= 4 is 22.5 Å². The molecule has 1 aliphatic carbocycles. The largest absolute Gasteiger partial charge is 0.478 e. The number of nitrogens with zero attached hydrogens (tertiary/aromatic N) is 3. The van der Waals surface area contributed by atoms with E-state index in [9.17, 15) is 18.4 Å². The highest BCUT2D eigenvalue weighted by molar-refractivity contribution is 6.10. The number of ether oxygens (including phenoxy) is 1. The number of fused-ring (bicyclic) bond motifs is 2. The zero-order valence-corrected chi connectivity index (χ0v) is 18.7. The average Bonchev–Trinajstić information content (AvgIpc) is 3.07. The molecule has 34 heavy (non-hydrogen) atoms. The van der Waals surface area contributed by atoms with E-state index in [0.717, 1.165) is 37.9 Å². The summed E-state index contributed by atoms with van der Waals surface area (Å²) in [4.78, 5) is 35.1. The van der Waals surface area contributed by atoms with Crippen molar-refractivity contribution in [3.05, 3.63) is 63.9 Å². The summed E-state index contributed by atoms with van der Waals surface area (Å²) in [5.41, 5.74) is 1.60. The van der Waals surface area contributed by atoms with Crippen LogP contribution >= 0.6 is 0 Å². The molecule has 0 saturated carbocycles. The van der Waals surface area contributed by atoms with Crippen LogP contribution in [0.2, 0.25) is 0 Å². The van der Waals surface area contributed by atoms with Crippen molar-refractivity contribution in [1.29, 1.82) is 0 Å². The number of alkyl halides is 2. The van der Waals surface area contributed by atoms with Gasteiger partial charge in [-0.2, -0.15) is 13.8 Å². The molecule has 9 heteroatoms. The second kappa shape index (κ2) is 9.13. The summed E-state index contributed by atoms with van der Waals surface area (Å²) < 4.78 is 33.6. The molecule has 0 radical (unpaired) electrons. The van der Waals surface area contributed by atoms with Gasteiger partial charge >= 0.3 is 5.92 Å². The number of nitrogens with one attached hydrogen (secondary N) is 1. The van der Waals surface area contributed by atoms with E-state index >= 15 is 0 Å². The van der Waals surface area contributed by atoms with Crippen LogP contribution in [0.5, 0.6) is 5.88 Å². The first-order chi connectivity index (χ1) is 16.4. The molecule has 3 aromatic rings. The number of rotatable bonds is 7. The molecule has 3 heterocycles. The van der Waals surface area contributed by atoms with Crippen LogP contribution in [0, 0.1) is 0 Å². The molecule has 0 amide bonds. The van der Waals surface area contributed by atoms with Crippen LogP contribution in [-0.2, 0) is 6.42 Å². The molecule has 0 spiro atoms. The maximum Gasteiger partial charge on any atom is 0.313 e. The van der Waals surface area contributed by atoms with E-state index in [1.807, 2.05) is 11.0 Å². The predicted molar refractivity (Wildman–Crippen MR) is 125 cm³/mol. The van der Waals surface area contributed by atoms with Gasteiger partial charge in [-0.15, -0.1) is 0 Å². The summed E-state index contributed by atoms with van der Waals surface area (Å²) >= 11 is 0. The number of pyridine rings is 2. The standard InChI is InChI=1S/C25H26F2N4O3/c26-25(27)16-18-4-3-5-19(22(18)23(25)33)31-13-11-30(12-14-31)10-1-2-15-34-21-9-7-17-6-8-20(32)28-24(17)29-21/h3-9H,1-2,10-16H2,(H,28,29,32). The van der Waals surface area contributed by atoms with Crippen molar-refractivity contribution in [2.24, 2.45) is 0 Å². The van der Waals surface area contributed by atoms with Gasteiger partial charge in [0.25, 0.3) is 0 Å². The molecule has 7 nitrogen and oxygen atoms in total. The molecular formula is C25H26F2N4O3. The fraction of sp³-hybridized carbons (Fsp3) is 0.400. The number of hydrogen-bond acceptors (Lipinski definition) is 6. The highest BCUT2D eigenvalue weighted by Crippen LogP contribution is 2.39. The van der Waals surface area contributed by atoms with Gasteiger partial charge in [0, 0.05) is 55.8 Å². The van der Waals surface area contributed by atoms with Crippen LogP contribution in [-0.4, -0.2) is 65.9 Å². The summed E-state index contributed by atoms with van der Waals surface area (Å²) in [6.45, 7) is 4.47. The molecule has 1 aliphatic heterocycles. The van der Waals surface area contributed by atoms with Gasteiger partial charge in [-0.1, -0.05) is 12.1 Å². The van der Waals surface area contributed by atoms with E-state index in [1.54, 1.807) is 30.3 Å². The highest BCUT2D eigenvalue weighted by Gasteiger charge is 2.48. The van der Waals surface area contributed by atoms with Crippen LogP contribution in [0.4, 0.5) is 14.5 Å². The minimum atomic E-state index is -3.29. The summed E-state index contributed by atoms with van der Waals surface area (Å²) in [7, 11) is 0. The van der Waals surface area contributed by atoms with Crippen LogP contribution in [0.3, 0.4) is 0 Å². The van der Waals surface area contributed by atoms with Crippen molar-refractivity contribution in [2.75, 3.05) is 44.2 Å². The first-order valence-corrected chi connectivity index (χ1v) is 11.6. The van der Waals surface area contributed by atoms with Crippen LogP contribution in [0.15, 0.2) is 47.3 Å². The second-order valence-electron chi connectivity index (χ2n) is 8.82. The number of H-pyrrole nitrogens is 1. The van der Waals surface area contributed by atoms with E-state index in [2.05, 4.69) is 14.9 Å². The Labute approximate surface area is 195 Å². The molecule has 1 saturated heterocycles. The van der Waals surface area contributed by atoms with Crippen LogP contribution in [0.1, 0.15) is 28.8 Å². The molecule has 1 aromatic carbocycles. The summed E-state index contributed by atoms with van der Waals surface area (Å²) in [6, 6.07) is 12.0. The van der Waals surface area contributed by atoms with Crippen molar-refractivity contribution < 1.29 is 18.3 Å². The Balaban J connectivity index is 1.07. The van der Waals surface area contributed by atoms with E-state index in [4.69, 9.17) is 4.74 Å². The maximum atomic E-state index is 13.9. The lowest BCUT2D eigenvalue weighted by Gasteiger charge is -2.36. The van der Waals surface area contributed by atoms with E-state index in [-0.39, 0.29) is 11.1 Å². The third-order valence-electron chi connectivity index (χ3n) is 6.49. The second-order valence-corrected chi connectivity index (χ2v) is 8.82. The van der Waals surface area contributed by atoms with E-state index in [1.165, 1.54) is 6.07 Å². The van der Waals surface area contributed by atoms with Gasteiger partial charge in [0.15, 0.2) is 0 Å². The Morgan fingerprint density at radius 3 is 2.62 bits per heavy atom. The number of carbonyl (C=O) groups is 1. The first kappa shape index (κ1) is 22.5. The normalized spacial score (nSPS) is 17.8. The average molecular weight is 469 g/mol. The smallest absolute Gasteiger partial charge is 0.313 e. The highest BCUT2D eigenvalue weighted by atomic mass is 19.3. The van der Waals surface area contributed by atoms with Gasteiger partial charge in [0.05, 0.1) is 12.2 Å². The quantitative estimate of drug-likeness (QED) is 0.537. The Morgan fingerprint density at radius 1 is 1.00 bits per heavy atom. The fourth-order valence-corrected chi connectivity index (χ4v) is 4.68. The van der Waals surface area contributed by atoms with Gasteiger partial charge < -0.3 is 14.6 Å². The van der Waals surface area contributed by atoms with Gasteiger partial charge in [0.1, 0.15) is 5.65 Å². The predicted octanol–water partition coefficient (Wildman–Crippen LogP) is 3.28. The van der Waals surface area contributed by atoms with Crippen molar-refractivity contribution in [3.8, 4) is 5.88 Å². The number of Topliss-reactive ketones (excluding diaryl/α,β-unsaturated/α-hetero) is 1. The number of halogens is 2. The third kappa shape index (κ3) is 4.52. The summed E-state index contributed by atoms with van der Waals surface area (Å²) in [5, 5.41) is 0.852. The number of benzene rings is 1. The fourth-order valence-electron chi connectivity index (χ4n) is 4.68. The first-order valence-electron chi connectivity index (χ1n) is 11.6. The number of anilines is 1. The van der Waals surface area contributed by atoms with Gasteiger partial charge in [-0.3, -0.25) is 14.5 Å². The molecule has 1 fully saturated rings. The topological polar surface area (TPSA) is 78.5 Å². The summed E-state index contributed by atoms with van der Waals surface area (Å²) in [5.74, 6) is -3.85. The van der Waals surface area contributed by atoms with Crippen LogP contribution in [0.25, 0.3) is 11.0 Å². The number of piperazine rings is 1. The zero-order valence-electron chi connectivity index (χ0n) is 18.7. The third-order valence-corrected chi connectivity index (χ3v) is 6.49. The number of aromatic nitrogens is 2. The Kier molecular flexibility index (Phi) is 6.03. The molecule has 2 aromatic heterocycles. The van der Waals surface area contributed by atoms with Crippen molar-refractivity contribution in [3.63, 3.8) is 0 Å². The van der Waals surface area contributed by atoms with Crippen LogP contribution < -0.4 is 15.2 Å². The molecule has 2 aliphatic rings. The number of unbranched alkanes of at least 4 members (excludes halogenated alkanes) is 1. The number of ketones is 1. The van der Waals surface area contributed by atoms with Gasteiger partial charge in [0.2, 0.25) is 17.2 Å². The van der Waals surface area contributed by atoms with Gasteiger partial charge in [-0.25, -0.2) is 0 Å². The number of carbonyl (C=O) groups excluding carboxylic acids is 1. The number of hydrogen-bond donors (Lipinski definition) is 1. The Bertz CT molecular complexity index is 1270. The molecular weight excluding hydrogens is 442 g/mol. The van der Waals surface area contributed by atoms with E-state index < -0.39 is 18.1 Å². The van der Waals surface area contributed by atoms with E-state index in [0.29, 0.717) is 42.5 Å². The zero-order chi connectivity index (χ0) is 23.7. The SMILES string of the molecule is O=C1c2c(cccc2N2CCN(CCCCOc3ccc4ccc(=O)[nH]c4n3)CC2)CC1(F)F. The lowest BCUT2D eigenvalue weighted by atomic mass is 10.1. The van der Waals surface area contributed by atoms with Gasteiger partial charge in [-0.05, 0) is 43.1 Å². The molecule has 0 bridgehead atoms. The molecule has 178 valence electrons. The number of aromatic amines is 1. The molecule has 0 unspecified atom stereocenters. The Hall–Kier alpha value is -3.33. The van der Waals surface area contributed by atoms with Crippen molar-refractivity contribution in [2.45, 2.75) is 25.2 Å². The minimum absolute atomic E-state index is 0.196. The molecule has 1 N–H and O–H groups in total. The maximum absolute atomic E-state index is 13.9. The lowest BCUT2D eigenvalue weighted by molar-refractivity contribution is 0.0168. The minimum Gasteiger partial charge on any atom is -0.478 e. The lowest BCUT2D eigenvalue weighted by Crippen LogP contribution is -2.47. The van der Waals surface area contributed by atoms with Crippen molar-refractivity contribution in [1.82, 2.24) is 14.9 Å². The molecule has 0 atom stereocenters. The monoisotopic (exact) mass is 468 g/mol. The summed E-state index contributed by atoms with van der Waals surface area (Å²) in [6.07, 6.45) is 1.32. The molecule has 5 rings (SSSR count).